The molecule has 2 heterocycles. The number of carbonyl (C=O) groups excluding carboxylic acids is 2. The van der Waals surface area contributed by atoms with E-state index in [4.69, 9.17) is 19.4 Å². The maximum absolute atomic E-state index is 12.9. The highest BCUT2D eigenvalue weighted by Gasteiger charge is 2.28. The highest BCUT2D eigenvalue weighted by atomic mass is 32.2. The van der Waals surface area contributed by atoms with Gasteiger partial charge in [-0.15, -0.1) is 0 Å². The van der Waals surface area contributed by atoms with Crippen LogP contribution in [0.25, 0.3) is 21.8 Å². The summed E-state index contributed by atoms with van der Waals surface area (Å²) in [5, 5.41) is 3.95. The first-order valence-corrected chi connectivity index (χ1v) is 14.7. The molecule has 2 amide bonds. The first-order valence-electron chi connectivity index (χ1n) is 12.6. The molecule has 0 aliphatic carbocycles. The van der Waals surface area contributed by atoms with Crippen LogP contribution in [0.15, 0.2) is 41.7 Å². The number of hydrogen-bond donors (Lipinski definition) is 1. The molecule has 0 fully saturated rings. The van der Waals surface area contributed by atoms with Crippen molar-refractivity contribution < 1.29 is 19.1 Å². The van der Waals surface area contributed by atoms with Crippen LogP contribution in [0.5, 0.6) is 0 Å². The number of hydrogen-bond acceptors (Lipinski definition) is 9. The van der Waals surface area contributed by atoms with Gasteiger partial charge in [0.15, 0.2) is 10.3 Å². The Morgan fingerprint density at radius 2 is 1.67 bits per heavy atom. The molecular weight excluding hydrogens is 534 g/mol. The lowest BCUT2D eigenvalue weighted by Crippen LogP contribution is -2.41. The molecule has 11 heteroatoms. The second kappa shape index (κ2) is 12.3. The lowest BCUT2D eigenvalue weighted by molar-refractivity contribution is 0.0521. The molecule has 0 aliphatic rings. The summed E-state index contributed by atoms with van der Waals surface area (Å²) in [6.45, 7) is 15.1. The predicted octanol–water partition coefficient (Wildman–Crippen LogP) is 7.16. The third kappa shape index (κ3) is 8.66. The van der Waals surface area contributed by atoms with E-state index in [-0.39, 0.29) is 12.6 Å². The van der Waals surface area contributed by atoms with Gasteiger partial charge in [-0.05, 0) is 73.3 Å². The van der Waals surface area contributed by atoms with Crippen LogP contribution in [0.1, 0.15) is 61.0 Å². The standard InChI is InChI=1S/C28H37N5O4S2/c1-17(2)33(26(35)37-28(6,7)8)24-29-16-22(39-24)21-14-20(31-23(32-21)38-9)19-13-11-10-12-18(19)15-30-25(34)36-27(3,4)5/h10-14,16-17H,15H2,1-9H3,(H,30,34). The van der Waals surface area contributed by atoms with Gasteiger partial charge in [-0.1, -0.05) is 47.4 Å². The third-order valence-corrected chi connectivity index (χ3v) is 6.63. The fourth-order valence-corrected chi connectivity index (χ4v) is 4.88. The molecule has 0 unspecified atom stereocenters. The molecule has 1 aromatic carbocycles. The molecule has 0 atom stereocenters. The number of thiazole rings is 1. The van der Waals surface area contributed by atoms with Crippen LogP contribution in [0, 0.1) is 0 Å². The normalized spacial score (nSPS) is 11.8. The molecule has 2 aromatic heterocycles. The van der Waals surface area contributed by atoms with Crippen molar-refractivity contribution in [1.82, 2.24) is 20.3 Å². The molecule has 9 nitrogen and oxygen atoms in total. The average molecular weight is 572 g/mol. The molecule has 0 spiro atoms. The zero-order valence-electron chi connectivity index (χ0n) is 24.0. The van der Waals surface area contributed by atoms with Crippen molar-refractivity contribution in [3.8, 4) is 21.8 Å². The monoisotopic (exact) mass is 571 g/mol. The summed E-state index contributed by atoms with van der Waals surface area (Å²) >= 11 is 2.80. The molecule has 210 valence electrons. The number of nitrogens with one attached hydrogen (secondary N) is 1. The van der Waals surface area contributed by atoms with Gasteiger partial charge >= 0.3 is 12.2 Å². The van der Waals surface area contributed by atoms with E-state index in [1.807, 2.05) is 92.0 Å². The number of amides is 2. The number of thioether (sulfide) groups is 1. The zero-order valence-corrected chi connectivity index (χ0v) is 25.6. The van der Waals surface area contributed by atoms with E-state index in [0.717, 1.165) is 16.0 Å². The lowest BCUT2D eigenvalue weighted by atomic mass is 10.0. The van der Waals surface area contributed by atoms with Crippen LogP contribution in [-0.4, -0.2) is 50.6 Å². The number of anilines is 1. The lowest BCUT2D eigenvalue weighted by Gasteiger charge is -2.28. The molecule has 0 saturated heterocycles. The molecule has 0 aliphatic heterocycles. The van der Waals surface area contributed by atoms with Crippen molar-refractivity contribution in [3.05, 3.63) is 42.1 Å². The highest BCUT2D eigenvalue weighted by Crippen LogP contribution is 2.35. The topological polar surface area (TPSA) is 107 Å². The molecular formula is C28H37N5O4S2. The van der Waals surface area contributed by atoms with Gasteiger partial charge in [-0.2, -0.15) is 0 Å². The van der Waals surface area contributed by atoms with Gasteiger partial charge in [-0.3, -0.25) is 4.90 Å². The fourth-order valence-electron chi connectivity index (χ4n) is 3.50. The van der Waals surface area contributed by atoms with Crippen LogP contribution in [0.3, 0.4) is 0 Å². The Labute approximate surface area is 238 Å². The molecule has 0 radical (unpaired) electrons. The van der Waals surface area contributed by atoms with Crippen LogP contribution < -0.4 is 10.2 Å². The van der Waals surface area contributed by atoms with E-state index in [0.29, 0.717) is 21.7 Å². The van der Waals surface area contributed by atoms with E-state index >= 15 is 0 Å². The van der Waals surface area contributed by atoms with E-state index in [9.17, 15) is 9.59 Å². The van der Waals surface area contributed by atoms with E-state index in [1.165, 1.54) is 23.1 Å². The van der Waals surface area contributed by atoms with Crippen molar-refractivity contribution in [3.63, 3.8) is 0 Å². The van der Waals surface area contributed by atoms with E-state index in [2.05, 4.69) is 10.3 Å². The minimum Gasteiger partial charge on any atom is -0.444 e. The average Bonchev–Trinajstić information content (AvgIpc) is 3.29. The smallest absolute Gasteiger partial charge is 0.416 e. The maximum atomic E-state index is 12.9. The first kappa shape index (κ1) is 30.4. The summed E-state index contributed by atoms with van der Waals surface area (Å²) in [5.74, 6) is 0. The Morgan fingerprint density at radius 3 is 2.28 bits per heavy atom. The second-order valence-corrected chi connectivity index (χ2v) is 12.9. The zero-order chi connectivity index (χ0) is 29.0. The SMILES string of the molecule is CSc1nc(-c2cnc(N(C(=O)OC(C)(C)C)C(C)C)s2)cc(-c2ccccc2CNC(=O)OC(C)(C)C)n1. The van der Waals surface area contributed by atoms with Crippen molar-refractivity contribution in [2.45, 2.75) is 84.3 Å². The van der Waals surface area contributed by atoms with Gasteiger partial charge < -0.3 is 14.8 Å². The summed E-state index contributed by atoms with van der Waals surface area (Å²) in [7, 11) is 0. The molecule has 0 saturated carbocycles. The van der Waals surface area contributed by atoms with Gasteiger partial charge in [0.2, 0.25) is 0 Å². The van der Waals surface area contributed by atoms with Crippen molar-refractivity contribution in [1.29, 1.82) is 0 Å². The summed E-state index contributed by atoms with van der Waals surface area (Å²) in [5.41, 5.74) is 1.96. The van der Waals surface area contributed by atoms with Gasteiger partial charge in [0.1, 0.15) is 11.2 Å². The number of rotatable bonds is 7. The van der Waals surface area contributed by atoms with Crippen molar-refractivity contribution in [2.75, 3.05) is 11.2 Å². The highest BCUT2D eigenvalue weighted by molar-refractivity contribution is 7.98. The summed E-state index contributed by atoms with van der Waals surface area (Å²) in [6, 6.07) is 9.50. The van der Waals surface area contributed by atoms with Gasteiger partial charge in [0.25, 0.3) is 0 Å². The maximum Gasteiger partial charge on any atom is 0.416 e. The largest absolute Gasteiger partial charge is 0.444 e. The van der Waals surface area contributed by atoms with Crippen LogP contribution in [0.2, 0.25) is 0 Å². The first-order chi connectivity index (χ1) is 18.2. The Morgan fingerprint density at radius 1 is 1.03 bits per heavy atom. The Kier molecular flexibility index (Phi) is 9.60. The Hall–Kier alpha value is -3.18. The van der Waals surface area contributed by atoms with E-state index in [1.54, 1.807) is 11.1 Å². The molecule has 3 rings (SSSR count). The Bertz CT molecular complexity index is 1310. The molecule has 3 aromatic rings. The fraction of sp³-hybridized carbons (Fsp3) is 0.464. The summed E-state index contributed by atoms with van der Waals surface area (Å²) in [6.07, 6.45) is 2.70. The number of ether oxygens (including phenoxy) is 2. The van der Waals surface area contributed by atoms with Gasteiger partial charge in [0.05, 0.1) is 16.3 Å². The quantitative estimate of drug-likeness (QED) is 0.235. The molecule has 39 heavy (non-hydrogen) atoms. The van der Waals surface area contributed by atoms with Crippen molar-refractivity contribution in [2.24, 2.45) is 0 Å². The number of alkyl carbamates (subject to hydrolysis) is 1. The minimum absolute atomic E-state index is 0.147. The molecule has 1 N–H and O–H groups in total. The number of benzene rings is 1. The van der Waals surface area contributed by atoms with Crippen LogP contribution in [-0.2, 0) is 16.0 Å². The van der Waals surface area contributed by atoms with Crippen LogP contribution >= 0.6 is 23.1 Å². The van der Waals surface area contributed by atoms with Gasteiger partial charge in [0, 0.05) is 24.3 Å². The predicted molar refractivity (Wildman–Crippen MR) is 157 cm³/mol. The number of aromatic nitrogens is 3. The number of carbonyl (C=O) groups is 2. The van der Waals surface area contributed by atoms with Crippen molar-refractivity contribution >= 4 is 40.4 Å². The minimum atomic E-state index is -0.620. The van der Waals surface area contributed by atoms with Gasteiger partial charge in [-0.25, -0.2) is 24.5 Å². The second-order valence-electron chi connectivity index (χ2n) is 11.1. The molecule has 0 bridgehead atoms. The number of nitrogens with zero attached hydrogens (tertiary/aromatic N) is 4. The summed E-state index contributed by atoms with van der Waals surface area (Å²) < 4.78 is 11.0. The Balaban J connectivity index is 1.94. The van der Waals surface area contributed by atoms with Crippen LogP contribution in [0.4, 0.5) is 14.7 Å². The summed E-state index contributed by atoms with van der Waals surface area (Å²) in [4.78, 5) is 41.5. The third-order valence-electron chi connectivity index (χ3n) is 5.06. The van der Waals surface area contributed by atoms with E-state index < -0.39 is 23.4 Å².